The van der Waals surface area contributed by atoms with E-state index >= 15 is 0 Å². The monoisotopic (exact) mass is 370 g/mol. The van der Waals surface area contributed by atoms with E-state index in [0.717, 1.165) is 25.9 Å². The lowest BCUT2D eigenvalue weighted by Gasteiger charge is -2.24. The Kier molecular flexibility index (Phi) is 4.48. The number of carbonyl (C=O) groups excluding carboxylic acids is 1. The van der Waals surface area contributed by atoms with Crippen LogP contribution in [-0.2, 0) is 0 Å². The molecule has 1 amide bonds. The Labute approximate surface area is 155 Å². The molecule has 0 saturated carbocycles. The summed E-state index contributed by atoms with van der Waals surface area (Å²) in [5.74, 6) is -0.0860. The Hall–Kier alpha value is -2.64. The zero-order chi connectivity index (χ0) is 18.1. The van der Waals surface area contributed by atoms with Gasteiger partial charge in [-0.2, -0.15) is 5.10 Å². The third-order valence-corrected chi connectivity index (χ3v) is 4.85. The molecule has 1 aliphatic heterocycles. The fourth-order valence-electron chi connectivity index (χ4n) is 3.33. The van der Waals surface area contributed by atoms with E-state index in [-0.39, 0.29) is 23.5 Å². The second-order valence-corrected chi connectivity index (χ2v) is 6.74. The number of nitrogen functional groups attached to an aromatic ring is 1. The molecule has 1 aromatic carbocycles. The van der Waals surface area contributed by atoms with Crippen LogP contribution < -0.4 is 16.4 Å². The maximum Gasteiger partial charge on any atom is 0.276 e. The molecule has 3 heterocycles. The lowest BCUT2D eigenvalue weighted by atomic mass is 10.1. The lowest BCUT2D eigenvalue weighted by molar-refractivity contribution is 0.102. The van der Waals surface area contributed by atoms with E-state index in [4.69, 9.17) is 17.3 Å². The van der Waals surface area contributed by atoms with Crippen molar-refractivity contribution in [2.75, 3.05) is 24.1 Å². The van der Waals surface area contributed by atoms with Crippen LogP contribution in [0, 0.1) is 0 Å². The number of nitrogens with two attached hydrogens (primary N) is 1. The molecule has 3 aromatic rings. The molecule has 4 N–H and O–H groups in total. The van der Waals surface area contributed by atoms with Gasteiger partial charge in [0.25, 0.3) is 5.91 Å². The molecule has 26 heavy (non-hydrogen) atoms. The molecule has 1 atom stereocenters. The van der Waals surface area contributed by atoms with E-state index in [1.54, 1.807) is 0 Å². The average molecular weight is 371 g/mol. The van der Waals surface area contributed by atoms with Crippen LogP contribution in [0.2, 0.25) is 5.02 Å². The van der Waals surface area contributed by atoms with Gasteiger partial charge in [0.1, 0.15) is 5.82 Å². The van der Waals surface area contributed by atoms with E-state index < -0.39 is 0 Å². The van der Waals surface area contributed by atoms with Gasteiger partial charge in [-0.1, -0.05) is 29.8 Å². The predicted molar refractivity (Wildman–Crippen MR) is 102 cm³/mol. The summed E-state index contributed by atoms with van der Waals surface area (Å²) in [6, 6.07) is 9.34. The third kappa shape index (κ3) is 3.00. The summed E-state index contributed by atoms with van der Waals surface area (Å²) in [5, 5.41) is 11.7. The Morgan fingerprint density at radius 3 is 2.88 bits per heavy atom. The summed E-state index contributed by atoms with van der Waals surface area (Å²) in [4.78, 5) is 17.0. The van der Waals surface area contributed by atoms with Crippen molar-refractivity contribution in [3.05, 3.63) is 47.2 Å². The van der Waals surface area contributed by atoms with Crippen LogP contribution in [0.1, 0.15) is 29.4 Å². The summed E-state index contributed by atoms with van der Waals surface area (Å²) in [6.45, 7) is 1.75. The Morgan fingerprint density at radius 1 is 1.35 bits per heavy atom. The number of benzene rings is 1. The van der Waals surface area contributed by atoms with E-state index in [0.29, 0.717) is 21.6 Å². The van der Waals surface area contributed by atoms with Crippen LogP contribution >= 0.6 is 11.6 Å². The molecule has 134 valence electrons. The summed E-state index contributed by atoms with van der Waals surface area (Å²) < 4.78 is 1.82. The average Bonchev–Trinajstić information content (AvgIpc) is 3.08. The largest absolute Gasteiger partial charge is 0.383 e. The van der Waals surface area contributed by atoms with Gasteiger partial charge in [0, 0.05) is 12.2 Å². The molecule has 0 spiro atoms. The quantitative estimate of drug-likeness (QED) is 0.658. The number of hydrogen-bond acceptors (Lipinski definition) is 5. The summed E-state index contributed by atoms with van der Waals surface area (Å²) in [6.07, 6.45) is 3.50. The molecule has 1 fully saturated rings. The van der Waals surface area contributed by atoms with E-state index in [9.17, 15) is 4.79 Å². The number of pyridine rings is 1. The molecule has 2 aromatic heterocycles. The molecule has 0 bridgehead atoms. The molecule has 1 saturated heterocycles. The van der Waals surface area contributed by atoms with Crippen LogP contribution in [-0.4, -0.2) is 33.8 Å². The highest BCUT2D eigenvalue weighted by Crippen LogP contribution is 2.33. The first kappa shape index (κ1) is 16.8. The van der Waals surface area contributed by atoms with Crippen molar-refractivity contribution in [3.63, 3.8) is 0 Å². The van der Waals surface area contributed by atoms with Crippen LogP contribution in [0.3, 0.4) is 0 Å². The zero-order valence-electron chi connectivity index (χ0n) is 14.1. The number of rotatable bonds is 3. The van der Waals surface area contributed by atoms with Gasteiger partial charge in [0.15, 0.2) is 5.69 Å². The number of nitrogens with zero attached hydrogens (tertiary/aromatic N) is 3. The first-order chi connectivity index (χ1) is 12.6. The van der Waals surface area contributed by atoms with Gasteiger partial charge >= 0.3 is 0 Å². The second kappa shape index (κ2) is 6.93. The van der Waals surface area contributed by atoms with Crippen molar-refractivity contribution in [2.24, 2.45) is 0 Å². The van der Waals surface area contributed by atoms with Crippen molar-refractivity contribution in [3.8, 4) is 0 Å². The van der Waals surface area contributed by atoms with Crippen molar-refractivity contribution in [1.29, 1.82) is 0 Å². The molecular formula is C18H19ClN6O. The highest BCUT2D eigenvalue weighted by atomic mass is 35.5. The number of aromatic nitrogens is 3. The van der Waals surface area contributed by atoms with Crippen molar-refractivity contribution < 1.29 is 4.79 Å². The Morgan fingerprint density at radius 2 is 2.15 bits per heavy atom. The number of amides is 1. The van der Waals surface area contributed by atoms with Crippen LogP contribution in [0.5, 0.6) is 0 Å². The standard InChI is InChI=1S/C18H19ClN6O/c19-13-10-22-17(20)14-15(18(26)23-11-5-2-1-3-6-11)24-25(16(13)14)12-7-4-8-21-9-12/h1-3,5-6,10,12,21H,4,7-9H2,(H2,20,22)(H,23,26)/t12-/m1/s1. The molecule has 4 rings (SSSR count). The second-order valence-electron chi connectivity index (χ2n) is 6.33. The van der Waals surface area contributed by atoms with Crippen LogP contribution in [0.4, 0.5) is 11.5 Å². The van der Waals surface area contributed by atoms with Crippen LogP contribution in [0.15, 0.2) is 36.5 Å². The summed E-state index contributed by atoms with van der Waals surface area (Å²) >= 11 is 6.40. The normalized spacial score (nSPS) is 17.3. The Balaban J connectivity index is 1.81. The minimum absolute atomic E-state index is 0.115. The van der Waals surface area contributed by atoms with Crippen molar-refractivity contribution in [2.45, 2.75) is 18.9 Å². The number of halogens is 1. The third-order valence-electron chi connectivity index (χ3n) is 4.57. The fraction of sp³-hybridized carbons (Fsp3) is 0.278. The summed E-state index contributed by atoms with van der Waals surface area (Å²) in [7, 11) is 0. The molecule has 7 nitrogen and oxygen atoms in total. The predicted octanol–water partition coefficient (Wildman–Crippen LogP) is 2.84. The molecule has 1 aliphatic rings. The number of hydrogen-bond donors (Lipinski definition) is 3. The SMILES string of the molecule is Nc1ncc(Cl)c2c1c(C(=O)Nc1ccccc1)nn2[C@@H]1CCCNC1. The number of piperidine rings is 1. The fourth-order valence-corrected chi connectivity index (χ4v) is 3.56. The van der Waals surface area contributed by atoms with Crippen molar-refractivity contribution >= 4 is 39.9 Å². The van der Waals surface area contributed by atoms with Crippen molar-refractivity contribution in [1.82, 2.24) is 20.1 Å². The van der Waals surface area contributed by atoms with Gasteiger partial charge in [-0.3, -0.25) is 9.48 Å². The maximum absolute atomic E-state index is 12.9. The number of nitrogens with one attached hydrogen (secondary N) is 2. The number of fused-ring (bicyclic) bond motifs is 1. The highest BCUT2D eigenvalue weighted by Gasteiger charge is 2.26. The van der Waals surface area contributed by atoms with E-state index in [1.165, 1.54) is 6.20 Å². The number of para-hydroxylation sites is 1. The van der Waals surface area contributed by atoms with Gasteiger partial charge in [-0.05, 0) is 31.5 Å². The summed E-state index contributed by atoms with van der Waals surface area (Å²) in [5.41, 5.74) is 7.67. The maximum atomic E-state index is 12.9. The zero-order valence-corrected chi connectivity index (χ0v) is 14.8. The number of carbonyl (C=O) groups is 1. The van der Waals surface area contributed by atoms with E-state index in [1.807, 2.05) is 35.0 Å². The molecule has 0 aliphatic carbocycles. The van der Waals surface area contributed by atoms with Gasteiger partial charge in [-0.15, -0.1) is 0 Å². The minimum Gasteiger partial charge on any atom is -0.383 e. The molecular weight excluding hydrogens is 352 g/mol. The topological polar surface area (TPSA) is 97.9 Å². The van der Waals surface area contributed by atoms with Gasteiger partial charge in [-0.25, -0.2) is 4.98 Å². The highest BCUT2D eigenvalue weighted by molar-refractivity contribution is 6.36. The first-order valence-corrected chi connectivity index (χ1v) is 8.92. The van der Waals surface area contributed by atoms with Gasteiger partial charge in [0.2, 0.25) is 0 Å². The van der Waals surface area contributed by atoms with Gasteiger partial charge in [0.05, 0.1) is 28.2 Å². The molecule has 8 heteroatoms. The minimum atomic E-state index is -0.334. The van der Waals surface area contributed by atoms with Gasteiger partial charge < -0.3 is 16.4 Å². The molecule has 0 radical (unpaired) electrons. The smallest absolute Gasteiger partial charge is 0.276 e. The number of anilines is 2. The first-order valence-electron chi connectivity index (χ1n) is 8.54. The van der Waals surface area contributed by atoms with E-state index in [2.05, 4.69) is 20.7 Å². The molecule has 0 unspecified atom stereocenters. The van der Waals surface area contributed by atoms with Crippen LogP contribution in [0.25, 0.3) is 10.9 Å². The lowest BCUT2D eigenvalue weighted by Crippen LogP contribution is -2.32. The Bertz CT molecular complexity index is 949.